The third-order valence-corrected chi connectivity index (χ3v) is 8.32. The van der Waals surface area contributed by atoms with Crippen LogP contribution in [0.4, 0.5) is 0 Å². The number of hydrogen-bond acceptors (Lipinski definition) is 5. The first kappa shape index (κ1) is 27.4. The van der Waals surface area contributed by atoms with Crippen LogP contribution < -0.4 is 0 Å². The molecule has 0 unspecified atom stereocenters. The minimum atomic E-state index is -0.349. The number of ether oxygens (including phenoxy) is 4. The summed E-state index contributed by atoms with van der Waals surface area (Å²) in [5, 5.41) is 0. The Morgan fingerprint density at radius 2 is 1.27 bits per heavy atom. The number of rotatable bonds is 8. The van der Waals surface area contributed by atoms with Crippen molar-refractivity contribution in [2.75, 3.05) is 6.61 Å². The molecule has 5 heteroatoms. The maximum atomic E-state index is 6.76. The van der Waals surface area contributed by atoms with Crippen molar-refractivity contribution >= 4 is 11.8 Å². The molecule has 0 spiro atoms. The van der Waals surface area contributed by atoms with E-state index in [-0.39, 0.29) is 29.7 Å². The summed E-state index contributed by atoms with van der Waals surface area (Å²) in [4.78, 5) is 1.12. The lowest BCUT2D eigenvalue weighted by Gasteiger charge is -2.43. The Kier molecular flexibility index (Phi) is 9.16. The molecule has 5 atom stereocenters. The molecule has 4 nitrogen and oxygen atoms in total. The summed E-state index contributed by atoms with van der Waals surface area (Å²) >= 11 is 1.67. The van der Waals surface area contributed by atoms with Gasteiger partial charge >= 0.3 is 0 Å². The highest BCUT2D eigenvalue weighted by Crippen LogP contribution is 2.44. The Hall–Kier alpha value is -3.79. The van der Waals surface area contributed by atoms with Gasteiger partial charge in [0.15, 0.2) is 0 Å². The van der Waals surface area contributed by atoms with Gasteiger partial charge in [-0.05, 0) is 35.4 Å². The second kappa shape index (κ2) is 13.7. The highest BCUT2D eigenvalue weighted by Gasteiger charge is 2.53. The quantitative estimate of drug-likeness (QED) is 0.212. The van der Waals surface area contributed by atoms with Crippen molar-refractivity contribution < 1.29 is 18.9 Å². The molecule has 0 amide bonds. The zero-order valence-corrected chi connectivity index (χ0v) is 23.5. The monoisotopic (exact) mass is 560 g/mol. The highest BCUT2D eigenvalue weighted by atomic mass is 32.2. The fourth-order valence-corrected chi connectivity index (χ4v) is 6.30. The van der Waals surface area contributed by atoms with E-state index in [9.17, 15) is 0 Å². The van der Waals surface area contributed by atoms with Crippen LogP contribution in [-0.2, 0) is 32.2 Å². The molecule has 2 aliphatic rings. The maximum absolute atomic E-state index is 6.76. The minimum absolute atomic E-state index is 0.141. The largest absolute Gasteiger partial charge is 0.494 e. The Bertz CT molecular complexity index is 1470. The summed E-state index contributed by atoms with van der Waals surface area (Å²) in [5.74, 6) is 7.06. The van der Waals surface area contributed by atoms with Gasteiger partial charge in [-0.2, -0.15) is 0 Å². The molecule has 0 radical (unpaired) electrons. The lowest BCUT2D eigenvalue weighted by molar-refractivity contribution is -0.196. The number of fused-ring (bicyclic) bond motifs is 1. The van der Waals surface area contributed by atoms with Crippen molar-refractivity contribution in [2.45, 2.75) is 41.9 Å². The average Bonchev–Trinajstić information content (AvgIpc) is 3.43. The third kappa shape index (κ3) is 7.11. The summed E-state index contributed by atoms with van der Waals surface area (Å²) in [6, 6.07) is 40.8. The smallest absolute Gasteiger partial charge is 0.136 e. The predicted molar refractivity (Wildman–Crippen MR) is 162 cm³/mol. The molecular formula is C36H32O4S. The molecule has 41 heavy (non-hydrogen) atoms. The van der Waals surface area contributed by atoms with Gasteiger partial charge in [0.25, 0.3) is 0 Å². The number of thioether (sulfide) groups is 1. The van der Waals surface area contributed by atoms with E-state index < -0.39 is 0 Å². The van der Waals surface area contributed by atoms with Crippen LogP contribution in [0.15, 0.2) is 138 Å². The minimum Gasteiger partial charge on any atom is -0.494 e. The van der Waals surface area contributed by atoms with E-state index in [1.165, 1.54) is 0 Å². The number of allylic oxidation sites excluding steroid dienone is 1. The fraction of sp³-hybridized carbons (Fsp3) is 0.222. The third-order valence-electron chi connectivity index (χ3n) is 7.17. The van der Waals surface area contributed by atoms with Crippen LogP contribution >= 0.6 is 11.8 Å². The zero-order chi connectivity index (χ0) is 27.7. The van der Waals surface area contributed by atoms with E-state index in [1.807, 2.05) is 91.0 Å². The molecule has 2 saturated heterocycles. The predicted octanol–water partition coefficient (Wildman–Crippen LogP) is 7.26. The molecular weight excluding hydrogens is 528 g/mol. The SMILES string of the molecule is C(#Cc1ccccc1)/C=C1/OC[C@H]2O[C@H](Sc3ccccc3)[C@H](OCc3ccccc3)[C@@H](OCc3ccccc3)[C@@H]12. The van der Waals surface area contributed by atoms with Crippen LogP contribution in [0, 0.1) is 17.8 Å². The molecule has 206 valence electrons. The highest BCUT2D eigenvalue weighted by molar-refractivity contribution is 7.99. The molecule has 0 aromatic heterocycles. The number of hydrogen-bond donors (Lipinski definition) is 0. The van der Waals surface area contributed by atoms with Gasteiger partial charge in [-0.15, -0.1) is 0 Å². The van der Waals surface area contributed by atoms with Gasteiger partial charge in [-0.3, -0.25) is 0 Å². The molecule has 2 heterocycles. The van der Waals surface area contributed by atoms with Crippen molar-refractivity contribution in [1.82, 2.24) is 0 Å². The second-order valence-electron chi connectivity index (χ2n) is 10.0. The normalized spacial score (nSPS) is 24.2. The molecule has 0 saturated carbocycles. The van der Waals surface area contributed by atoms with E-state index >= 15 is 0 Å². The summed E-state index contributed by atoms with van der Waals surface area (Å²) in [6.07, 6.45) is 1.06. The van der Waals surface area contributed by atoms with Gasteiger partial charge < -0.3 is 18.9 Å². The molecule has 6 rings (SSSR count). The Balaban J connectivity index is 1.32. The van der Waals surface area contributed by atoms with E-state index in [4.69, 9.17) is 18.9 Å². The molecule has 0 aliphatic carbocycles. The first-order valence-electron chi connectivity index (χ1n) is 13.9. The average molecular weight is 561 g/mol. The molecule has 4 aromatic rings. The van der Waals surface area contributed by atoms with Gasteiger partial charge in [0, 0.05) is 16.5 Å². The Labute approximate surface area is 246 Å². The second-order valence-corrected chi connectivity index (χ2v) is 11.2. The first-order valence-corrected chi connectivity index (χ1v) is 14.8. The van der Waals surface area contributed by atoms with E-state index in [1.54, 1.807) is 11.8 Å². The van der Waals surface area contributed by atoms with E-state index in [2.05, 4.69) is 48.2 Å². The van der Waals surface area contributed by atoms with Crippen LogP contribution in [-0.4, -0.2) is 30.4 Å². The lowest BCUT2D eigenvalue weighted by Crippen LogP contribution is -2.54. The molecule has 2 fully saturated rings. The Morgan fingerprint density at radius 1 is 0.707 bits per heavy atom. The van der Waals surface area contributed by atoms with E-state index in [0.717, 1.165) is 27.3 Å². The summed E-state index contributed by atoms with van der Waals surface area (Å²) < 4.78 is 26.4. The van der Waals surface area contributed by atoms with Crippen molar-refractivity contribution in [1.29, 1.82) is 0 Å². The standard InChI is InChI=1S/C36H32O4S/c1-5-14-27(15-6-1)20-13-23-31-33-32(26-37-31)40-36(41-30-21-11-4-12-22-30)35(39-25-29-18-9-3-10-19-29)34(33)38-24-28-16-7-2-8-17-28/h1-12,14-19,21-23,32-36H,24-26H2/b31-23+/t32-,33+,34+,35-,36-/m1/s1. The summed E-state index contributed by atoms with van der Waals surface area (Å²) in [5.41, 5.74) is 2.89. The van der Waals surface area contributed by atoms with Crippen molar-refractivity contribution in [3.63, 3.8) is 0 Å². The van der Waals surface area contributed by atoms with Gasteiger partial charge in [-0.1, -0.05) is 121 Å². The number of benzene rings is 4. The first-order chi connectivity index (χ1) is 20.3. The Morgan fingerprint density at radius 3 is 1.90 bits per heavy atom. The van der Waals surface area contributed by atoms with Crippen molar-refractivity contribution in [2.24, 2.45) is 5.92 Å². The van der Waals surface area contributed by atoms with Crippen molar-refractivity contribution in [3.8, 4) is 11.8 Å². The molecule has 0 bridgehead atoms. The van der Waals surface area contributed by atoms with Crippen LogP contribution in [0.25, 0.3) is 0 Å². The van der Waals surface area contributed by atoms with Crippen LogP contribution in [0.1, 0.15) is 16.7 Å². The fourth-order valence-electron chi connectivity index (χ4n) is 5.15. The van der Waals surface area contributed by atoms with E-state index in [0.29, 0.717) is 19.8 Å². The van der Waals surface area contributed by atoms with Gasteiger partial charge in [-0.25, -0.2) is 0 Å². The van der Waals surface area contributed by atoms with Gasteiger partial charge in [0.1, 0.15) is 36.1 Å². The van der Waals surface area contributed by atoms with Gasteiger partial charge in [0.2, 0.25) is 0 Å². The summed E-state index contributed by atoms with van der Waals surface area (Å²) in [7, 11) is 0. The van der Waals surface area contributed by atoms with Crippen LogP contribution in [0.3, 0.4) is 0 Å². The topological polar surface area (TPSA) is 36.9 Å². The lowest BCUT2D eigenvalue weighted by atomic mass is 9.89. The molecule has 2 aliphatic heterocycles. The molecule has 4 aromatic carbocycles. The van der Waals surface area contributed by atoms with Crippen LogP contribution in [0.5, 0.6) is 0 Å². The van der Waals surface area contributed by atoms with Crippen molar-refractivity contribution in [3.05, 3.63) is 150 Å². The zero-order valence-electron chi connectivity index (χ0n) is 22.7. The molecule has 0 N–H and O–H groups in total. The summed E-state index contributed by atoms with van der Waals surface area (Å²) in [6.45, 7) is 1.37. The van der Waals surface area contributed by atoms with Crippen LogP contribution in [0.2, 0.25) is 0 Å². The maximum Gasteiger partial charge on any atom is 0.136 e. The van der Waals surface area contributed by atoms with Gasteiger partial charge in [0.05, 0.1) is 19.1 Å².